The zero-order chi connectivity index (χ0) is 19.7. The molecule has 0 saturated carbocycles. The first kappa shape index (κ1) is 18.9. The largest absolute Gasteiger partial charge is 0.310 e. The van der Waals surface area contributed by atoms with Gasteiger partial charge in [-0.2, -0.15) is 9.78 Å². The van der Waals surface area contributed by atoms with Crippen molar-refractivity contribution in [1.29, 1.82) is 0 Å². The molecule has 0 saturated heterocycles. The number of fused-ring (bicyclic) bond motifs is 1. The third-order valence-electron chi connectivity index (χ3n) is 3.80. The Balaban J connectivity index is 1.52. The summed E-state index contributed by atoms with van der Waals surface area (Å²) in [6, 6.07) is 13.5. The van der Waals surface area contributed by atoms with Gasteiger partial charge in [0.1, 0.15) is 11.6 Å². The van der Waals surface area contributed by atoms with E-state index in [-0.39, 0.29) is 17.5 Å². The number of thioether (sulfide) groups is 1. The van der Waals surface area contributed by atoms with E-state index in [2.05, 4.69) is 15.4 Å². The zero-order valence-electron chi connectivity index (χ0n) is 14.6. The maximum atomic E-state index is 13.4. The van der Waals surface area contributed by atoms with Gasteiger partial charge < -0.3 is 5.32 Å². The number of carbonyl (C=O) groups excluding carboxylic acids is 1. The van der Waals surface area contributed by atoms with Crippen LogP contribution in [-0.4, -0.2) is 26.4 Å². The molecular weight excluding hydrogens is 419 g/mol. The van der Waals surface area contributed by atoms with Gasteiger partial charge in [0.05, 0.1) is 21.7 Å². The molecule has 5 nitrogen and oxygen atoms in total. The smallest absolute Gasteiger partial charge is 0.235 e. The Morgan fingerprint density at radius 1 is 1.25 bits per heavy atom. The molecule has 0 aliphatic carbocycles. The van der Waals surface area contributed by atoms with Crippen LogP contribution in [0.4, 0.5) is 10.2 Å². The molecule has 2 heterocycles. The fourth-order valence-electron chi connectivity index (χ4n) is 2.57. The van der Waals surface area contributed by atoms with Crippen LogP contribution in [0.5, 0.6) is 0 Å². The summed E-state index contributed by atoms with van der Waals surface area (Å²) in [6.07, 6.45) is 0. The molecule has 1 amide bonds. The van der Waals surface area contributed by atoms with Crippen LogP contribution in [0.3, 0.4) is 0 Å². The number of aryl methyl sites for hydroxylation is 1. The molecule has 9 heteroatoms. The number of halogens is 2. The lowest BCUT2D eigenvalue weighted by molar-refractivity contribution is -0.113. The van der Waals surface area contributed by atoms with Gasteiger partial charge in [0.2, 0.25) is 11.0 Å². The molecule has 0 unspecified atom stereocenters. The average molecular weight is 433 g/mol. The summed E-state index contributed by atoms with van der Waals surface area (Å²) in [6.45, 7) is 1.83. The highest BCUT2D eigenvalue weighted by atomic mass is 35.5. The molecule has 2 aromatic heterocycles. The monoisotopic (exact) mass is 432 g/mol. The fourth-order valence-corrected chi connectivity index (χ4v) is 4.35. The topological polar surface area (TPSA) is 59.8 Å². The number of rotatable bonds is 5. The Bertz CT molecular complexity index is 1160. The summed E-state index contributed by atoms with van der Waals surface area (Å²) in [5, 5.41) is 8.51. The van der Waals surface area contributed by atoms with E-state index in [0.29, 0.717) is 21.5 Å². The predicted molar refractivity (Wildman–Crippen MR) is 112 cm³/mol. The van der Waals surface area contributed by atoms with Gasteiger partial charge in [0.15, 0.2) is 0 Å². The van der Waals surface area contributed by atoms with Crippen LogP contribution in [0.1, 0.15) is 5.69 Å². The van der Waals surface area contributed by atoms with Crippen molar-refractivity contribution < 1.29 is 9.18 Å². The van der Waals surface area contributed by atoms with E-state index >= 15 is 0 Å². The van der Waals surface area contributed by atoms with Gasteiger partial charge in [-0.15, -0.1) is 11.8 Å². The summed E-state index contributed by atoms with van der Waals surface area (Å²) < 4.78 is 15.7. The summed E-state index contributed by atoms with van der Waals surface area (Å²) in [5.74, 6) is 0.302. The second-order valence-electron chi connectivity index (χ2n) is 5.98. The highest BCUT2D eigenvalue weighted by molar-refractivity contribution is 8.00. The van der Waals surface area contributed by atoms with Crippen LogP contribution in [-0.2, 0) is 4.79 Å². The minimum atomic E-state index is -0.313. The van der Waals surface area contributed by atoms with Crippen LogP contribution in [0, 0.1) is 12.7 Å². The lowest BCUT2D eigenvalue weighted by Gasteiger charge is -2.06. The van der Waals surface area contributed by atoms with E-state index < -0.39 is 0 Å². The SMILES string of the molecule is Cc1cc(NC(=O)CSc2ccc(Cl)cc2)n(-c2nc3ccc(F)cc3s2)n1. The van der Waals surface area contributed by atoms with Gasteiger partial charge in [-0.1, -0.05) is 22.9 Å². The molecule has 28 heavy (non-hydrogen) atoms. The zero-order valence-corrected chi connectivity index (χ0v) is 17.0. The lowest BCUT2D eigenvalue weighted by atomic mass is 10.3. The molecule has 0 atom stereocenters. The quantitative estimate of drug-likeness (QED) is 0.434. The Morgan fingerprint density at radius 2 is 2.04 bits per heavy atom. The van der Waals surface area contributed by atoms with Crippen LogP contribution < -0.4 is 5.32 Å². The maximum Gasteiger partial charge on any atom is 0.235 e. The molecular formula is C19H14ClFN4OS2. The number of nitrogens with zero attached hydrogens (tertiary/aromatic N) is 3. The van der Waals surface area contributed by atoms with Crippen molar-refractivity contribution in [2.24, 2.45) is 0 Å². The number of nitrogens with one attached hydrogen (secondary N) is 1. The summed E-state index contributed by atoms with van der Waals surface area (Å²) in [4.78, 5) is 17.8. The van der Waals surface area contributed by atoms with Crippen molar-refractivity contribution in [2.75, 3.05) is 11.1 Å². The van der Waals surface area contributed by atoms with Gasteiger partial charge in [-0.3, -0.25) is 4.79 Å². The maximum absolute atomic E-state index is 13.4. The van der Waals surface area contributed by atoms with E-state index in [1.165, 1.54) is 35.2 Å². The Kier molecular flexibility index (Phi) is 5.34. The average Bonchev–Trinajstić information content (AvgIpc) is 3.23. The Hall–Kier alpha value is -2.42. The van der Waals surface area contributed by atoms with Gasteiger partial charge >= 0.3 is 0 Å². The number of benzene rings is 2. The van der Waals surface area contributed by atoms with Crippen molar-refractivity contribution in [3.8, 4) is 5.13 Å². The number of amides is 1. The third kappa shape index (κ3) is 4.19. The minimum Gasteiger partial charge on any atom is -0.310 e. The van der Waals surface area contributed by atoms with Crippen molar-refractivity contribution >= 4 is 56.6 Å². The lowest BCUT2D eigenvalue weighted by Crippen LogP contribution is -2.16. The summed E-state index contributed by atoms with van der Waals surface area (Å²) >= 11 is 8.60. The number of hydrogen-bond donors (Lipinski definition) is 1. The molecule has 0 spiro atoms. The number of thiazole rings is 1. The van der Waals surface area contributed by atoms with E-state index in [1.54, 1.807) is 28.9 Å². The number of anilines is 1. The van der Waals surface area contributed by atoms with Gasteiger partial charge in [0, 0.05) is 16.0 Å². The molecule has 1 N–H and O–H groups in total. The van der Waals surface area contributed by atoms with E-state index in [0.717, 1.165) is 15.3 Å². The molecule has 0 bridgehead atoms. The Labute approximate surface area is 173 Å². The van der Waals surface area contributed by atoms with Crippen LogP contribution in [0.15, 0.2) is 53.4 Å². The Morgan fingerprint density at radius 3 is 2.82 bits per heavy atom. The van der Waals surface area contributed by atoms with Crippen LogP contribution >= 0.6 is 34.7 Å². The summed E-state index contributed by atoms with van der Waals surface area (Å²) in [7, 11) is 0. The standard InChI is InChI=1S/C19H14ClFN4OS2/c1-11-8-17(23-18(26)10-27-14-5-2-12(20)3-6-14)25(24-11)19-22-15-7-4-13(21)9-16(15)28-19/h2-9H,10H2,1H3,(H,23,26). The van der Waals surface area contributed by atoms with E-state index in [9.17, 15) is 9.18 Å². The second-order valence-corrected chi connectivity index (χ2v) is 8.48. The first-order valence-corrected chi connectivity index (χ1v) is 10.5. The van der Waals surface area contributed by atoms with Crippen molar-refractivity contribution in [3.63, 3.8) is 0 Å². The van der Waals surface area contributed by atoms with Crippen molar-refractivity contribution in [3.05, 3.63) is 65.1 Å². The number of hydrogen-bond acceptors (Lipinski definition) is 5. The second kappa shape index (κ2) is 7.90. The molecule has 0 fully saturated rings. The van der Waals surface area contributed by atoms with Crippen molar-refractivity contribution in [1.82, 2.24) is 14.8 Å². The normalized spacial score (nSPS) is 11.1. The first-order valence-electron chi connectivity index (χ1n) is 8.29. The van der Waals surface area contributed by atoms with Gasteiger partial charge in [-0.05, 0) is 49.4 Å². The number of aromatic nitrogens is 3. The van der Waals surface area contributed by atoms with Crippen molar-refractivity contribution in [2.45, 2.75) is 11.8 Å². The molecule has 0 radical (unpaired) electrons. The first-order chi connectivity index (χ1) is 13.5. The van der Waals surface area contributed by atoms with Gasteiger partial charge in [-0.25, -0.2) is 9.37 Å². The highest BCUT2D eigenvalue weighted by Gasteiger charge is 2.15. The minimum absolute atomic E-state index is 0.159. The molecule has 142 valence electrons. The molecule has 0 aliphatic rings. The number of carbonyl (C=O) groups is 1. The summed E-state index contributed by atoms with van der Waals surface area (Å²) in [5.41, 5.74) is 1.43. The fraction of sp³-hybridized carbons (Fsp3) is 0.105. The molecule has 4 rings (SSSR count). The highest BCUT2D eigenvalue weighted by Crippen LogP contribution is 2.28. The van der Waals surface area contributed by atoms with Gasteiger partial charge in [0.25, 0.3) is 0 Å². The molecule has 0 aliphatic heterocycles. The third-order valence-corrected chi connectivity index (χ3v) is 6.06. The molecule has 2 aromatic carbocycles. The van der Waals surface area contributed by atoms with E-state index in [1.807, 2.05) is 19.1 Å². The van der Waals surface area contributed by atoms with Crippen LogP contribution in [0.25, 0.3) is 15.3 Å². The predicted octanol–water partition coefficient (Wildman–Crippen LogP) is 5.31. The van der Waals surface area contributed by atoms with Crippen LogP contribution in [0.2, 0.25) is 5.02 Å². The molecule has 4 aromatic rings. The van der Waals surface area contributed by atoms with E-state index in [4.69, 9.17) is 11.6 Å².